The highest BCUT2D eigenvalue weighted by Gasteiger charge is 2.22. The third-order valence-corrected chi connectivity index (χ3v) is 3.03. The Morgan fingerprint density at radius 3 is 2.29 bits per heavy atom. The van der Waals surface area contributed by atoms with Gasteiger partial charge in [-0.3, -0.25) is 0 Å². The van der Waals surface area contributed by atoms with Gasteiger partial charge in [0, 0.05) is 23.9 Å². The summed E-state index contributed by atoms with van der Waals surface area (Å²) in [5.74, 6) is -0.560. The minimum absolute atomic E-state index is 0.262. The van der Waals surface area contributed by atoms with Gasteiger partial charge in [0.1, 0.15) is 6.54 Å². The Morgan fingerprint density at radius 1 is 1.14 bits per heavy atom. The fraction of sp³-hybridized carbons (Fsp3) is 0.118. The number of carbonyl (C=O) groups is 1. The fourth-order valence-corrected chi connectivity index (χ4v) is 1.95. The van der Waals surface area contributed by atoms with Gasteiger partial charge in [-0.15, -0.1) is 0 Å². The molecule has 0 radical (unpaired) electrons. The van der Waals surface area contributed by atoms with Gasteiger partial charge in [-0.25, -0.2) is 5.21 Å². The molecule has 1 atom stereocenters. The molecule has 2 aromatic rings. The molecule has 0 aromatic heterocycles. The summed E-state index contributed by atoms with van der Waals surface area (Å²) in [5, 5.41) is 10.9. The first kappa shape index (κ1) is 15.0. The molecule has 0 saturated heterocycles. The van der Waals surface area contributed by atoms with Gasteiger partial charge in [-0.2, -0.15) is 4.65 Å². The Bertz CT molecular complexity index is 610. The van der Waals surface area contributed by atoms with Crippen molar-refractivity contribution in [3.63, 3.8) is 0 Å². The highest BCUT2D eigenvalue weighted by molar-refractivity contribution is 5.81. The first-order chi connectivity index (χ1) is 10.1. The molecular formula is C17H17NO3. The van der Waals surface area contributed by atoms with E-state index in [0.29, 0.717) is 5.69 Å². The zero-order valence-corrected chi connectivity index (χ0v) is 11.8. The maximum atomic E-state index is 11.3. The van der Waals surface area contributed by atoms with Gasteiger partial charge in [0.2, 0.25) is 0 Å². The number of para-hydroxylation sites is 1. The molecule has 0 heterocycles. The molecule has 1 unspecified atom stereocenters. The quantitative estimate of drug-likeness (QED) is 0.301. The smallest absolute Gasteiger partial charge is 0.172 e. The predicted molar refractivity (Wildman–Crippen MR) is 80.0 cm³/mol. The molecule has 0 amide bonds. The number of rotatable bonds is 5. The van der Waals surface area contributed by atoms with Gasteiger partial charge in [-0.1, -0.05) is 54.6 Å². The summed E-state index contributed by atoms with van der Waals surface area (Å²) in [6, 6.07) is 18.6. The molecule has 4 nitrogen and oxygen atoms in total. The summed E-state index contributed by atoms with van der Waals surface area (Å²) >= 11 is 0. The van der Waals surface area contributed by atoms with Crippen LogP contribution in [0.4, 0.5) is 5.69 Å². The summed E-state index contributed by atoms with van der Waals surface area (Å²) in [6.45, 7) is 0.262. The largest absolute Gasteiger partial charge is 0.550 e. The zero-order valence-electron chi connectivity index (χ0n) is 11.8. The lowest BCUT2D eigenvalue weighted by atomic mass is 10.2. The molecule has 108 valence electrons. The molecule has 0 aliphatic heterocycles. The highest BCUT2D eigenvalue weighted by atomic mass is 16.5. The van der Waals surface area contributed by atoms with E-state index in [1.807, 2.05) is 48.5 Å². The van der Waals surface area contributed by atoms with Crippen LogP contribution in [0.3, 0.4) is 0 Å². The van der Waals surface area contributed by atoms with Gasteiger partial charge in [0.15, 0.2) is 11.7 Å². The van der Waals surface area contributed by atoms with Gasteiger partial charge in [0.05, 0.1) is 7.11 Å². The Balaban J connectivity index is 2.34. The van der Waals surface area contributed by atoms with Crippen molar-refractivity contribution >= 4 is 11.7 Å². The monoisotopic (exact) mass is 283 g/mol. The van der Waals surface area contributed by atoms with Crippen molar-refractivity contribution in [1.82, 2.24) is 4.65 Å². The minimum atomic E-state index is -0.625. The molecule has 4 heteroatoms. The van der Waals surface area contributed by atoms with Crippen LogP contribution in [0.5, 0.6) is 0 Å². The van der Waals surface area contributed by atoms with E-state index in [2.05, 4.69) is 10.9 Å². The second-order valence-electron chi connectivity index (χ2n) is 4.55. The fourth-order valence-electron chi connectivity index (χ4n) is 1.95. The van der Waals surface area contributed by atoms with Crippen LogP contribution >= 0.6 is 0 Å². The first-order valence-electron chi connectivity index (χ1n) is 6.53. The Labute approximate surface area is 124 Å². The number of ether oxygens (including phenoxy) is 1. The van der Waals surface area contributed by atoms with Crippen LogP contribution in [0.1, 0.15) is 5.56 Å². The van der Waals surface area contributed by atoms with Crippen molar-refractivity contribution in [2.45, 2.75) is 6.54 Å². The number of esters is 1. The van der Waals surface area contributed by atoms with Crippen LogP contribution in [0.25, 0.3) is 0 Å². The van der Waals surface area contributed by atoms with E-state index in [9.17, 15) is 10.0 Å². The number of quaternary nitrogens is 1. The third-order valence-electron chi connectivity index (χ3n) is 3.03. The van der Waals surface area contributed by atoms with Gasteiger partial charge in [0.25, 0.3) is 0 Å². The topological polar surface area (TPSA) is 46.5 Å². The molecule has 2 aromatic carbocycles. The van der Waals surface area contributed by atoms with E-state index in [1.54, 1.807) is 12.1 Å². The molecule has 0 bridgehead atoms. The number of nitrogens with zero attached hydrogens (tertiary/aromatic N) is 1. The SMILES string of the molecule is COC(=O)C=[C-][N+](O)(Cc1ccccc1)c1ccccc1. The summed E-state index contributed by atoms with van der Waals surface area (Å²) in [7, 11) is 1.28. The Hall–Kier alpha value is -2.43. The number of hydrogen-bond acceptors (Lipinski definition) is 3. The molecule has 0 aliphatic carbocycles. The van der Waals surface area contributed by atoms with Crippen molar-refractivity contribution in [1.29, 1.82) is 0 Å². The molecule has 0 spiro atoms. The second kappa shape index (κ2) is 6.83. The van der Waals surface area contributed by atoms with Crippen molar-refractivity contribution in [3.05, 3.63) is 78.5 Å². The molecular weight excluding hydrogens is 266 g/mol. The molecule has 2 rings (SSSR count). The van der Waals surface area contributed by atoms with E-state index < -0.39 is 10.6 Å². The van der Waals surface area contributed by atoms with Crippen LogP contribution in [0.2, 0.25) is 0 Å². The van der Waals surface area contributed by atoms with Gasteiger partial charge >= 0.3 is 0 Å². The third kappa shape index (κ3) is 4.02. The summed E-state index contributed by atoms with van der Waals surface area (Å²) in [5.41, 5.74) is 1.54. The lowest BCUT2D eigenvalue weighted by Gasteiger charge is -2.30. The van der Waals surface area contributed by atoms with Crippen molar-refractivity contribution in [3.8, 4) is 0 Å². The summed E-state index contributed by atoms with van der Waals surface area (Å²) in [4.78, 5) is 11.3. The van der Waals surface area contributed by atoms with E-state index in [0.717, 1.165) is 11.6 Å². The lowest BCUT2D eigenvalue weighted by Crippen LogP contribution is -2.40. The normalized spacial score (nSPS) is 13.8. The molecule has 1 N–H and O–H groups in total. The average Bonchev–Trinajstić information content (AvgIpc) is 2.54. The van der Waals surface area contributed by atoms with Crippen LogP contribution in [0.15, 0.2) is 66.7 Å². The standard InChI is InChI=1S/C17H17NO3/c1-21-17(19)12-13-18(20,16-10-6-3-7-11-16)14-15-8-4-2-5-9-15/h2-12,20H,14H2,1H3. The number of methoxy groups -OCH3 is 1. The van der Waals surface area contributed by atoms with Crippen LogP contribution < -0.4 is 4.65 Å². The van der Waals surface area contributed by atoms with E-state index in [-0.39, 0.29) is 6.54 Å². The Morgan fingerprint density at radius 2 is 1.71 bits per heavy atom. The van der Waals surface area contributed by atoms with Crippen LogP contribution in [-0.4, -0.2) is 18.3 Å². The predicted octanol–water partition coefficient (Wildman–Crippen LogP) is 3.07. The molecule has 0 aliphatic rings. The van der Waals surface area contributed by atoms with Crippen molar-refractivity contribution < 1.29 is 14.7 Å². The van der Waals surface area contributed by atoms with E-state index >= 15 is 0 Å². The maximum absolute atomic E-state index is 11.3. The van der Waals surface area contributed by atoms with E-state index in [4.69, 9.17) is 0 Å². The number of carbonyl (C=O) groups excluding carboxylic acids is 1. The lowest BCUT2D eigenvalue weighted by molar-refractivity contribution is -0.135. The Kier molecular flexibility index (Phi) is 4.87. The molecule has 0 saturated carbocycles. The van der Waals surface area contributed by atoms with Crippen molar-refractivity contribution in [2.75, 3.05) is 7.11 Å². The molecule has 21 heavy (non-hydrogen) atoms. The van der Waals surface area contributed by atoms with E-state index in [1.165, 1.54) is 7.11 Å². The zero-order chi connectivity index (χ0) is 15.1. The average molecular weight is 283 g/mol. The van der Waals surface area contributed by atoms with Crippen LogP contribution in [-0.2, 0) is 16.1 Å². The van der Waals surface area contributed by atoms with Gasteiger partial charge in [-0.05, 0) is 0 Å². The summed E-state index contributed by atoms with van der Waals surface area (Å²) in [6.07, 6.45) is 3.81. The number of hydrogen-bond donors (Lipinski definition) is 1. The maximum Gasteiger partial charge on any atom is 0.172 e. The first-order valence-corrected chi connectivity index (χ1v) is 6.53. The van der Waals surface area contributed by atoms with Crippen molar-refractivity contribution in [2.24, 2.45) is 0 Å². The highest BCUT2D eigenvalue weighted by Crippen LogP contribution is 2.23. The van der Waals surface area contributed by atoms with Gasteiger partial charge < -0.3 is 9.53 Å². The summed E-state index contributed by atoms with van der Waals surface area (Å²) < 4.78 is 3.93. The molecule has 0 fully saturated rings. The number of benzene rings is 2. The second-order valence-corrected chi connectivity index (χ2v) is 4.55. The minimum Gasteiger partial charge on any atom is -0.550 e. The number of hydroxylamine groups is 2. The van der Waals surface area contributed by atoms with Crippen LogP contribution in [0, 0.1) is 6.20 Å².